The molecule has 0 heterocycles. The van der Waals surface area contributed by atoms with Crippen molar-refractivity contribution >= 4 is 0 Å². The zero-order valence-electron chi connectivity index (χ0n) is 11.9. The molecule has 2 atom stereocenters. The van der Waals surface area contributed by atoms with Crippen molar-refractivity contribution < 1.29 is 9.47 Å². The molecule has 0 saturated heterocycles. The predicted molar refractivity (Wildman–Crippen MR) is 75.2 cm³/mol. The van der Waals surface area contributed by atoms with Gasteiger partial charge in [0.1, 0.15) is 5.75 Å². The lowest BCUT2D eigenvalue weighted by Crippen LogP contribution is -2.24. The van der Waals surface area contributed by atoms with E-state index in [9.17, 15) is 0 Å². The van der Waals surface area contributed by atoms with Crippen LogP contribution in [0, 0.1) is 5.92 Å². The fraction of sp³-hybridized carbons (Fsp3) is 0.600. The number of hydrogen-bond donors (Lipinski definition) is 1. The first kappa shape index (κ1) is 15.0. The summed E-state index contributed by atoms with van der Waals surface area (Å²) in [6, 6.07) is 8.31. The maximum absolute atomic E-state index is 5.35. The van der Waals surface area contributed by atoms with Crippen LogP contribution in [-0.2, 0) is 11.2 Å². The van der Waals surface area contributed by atoms with Gasteiger partial charge >= 0.3 is 0 Å². The van der Waals surface area contributed by atoms with Gasteiger partial charge in [0.05, 0.1) is 13.2 Å². The molecule has 0 aliphatic carbocycles. The Morgan fingerprint density at radius 1 is 1.17 bits per heavy atom. The van der Waals surface area contributed by atoms with Crippen molar-refractivity contribution in [3.8, 4) is 5.75 Å². The first-order valence-corrected chi connectivity index (χ1v) is 6.50. The number of hydrogen-bond acceptors (Lipinski definition) is 3. The van der Waals surface area contributed by atoms with Crippen LogP contribution in [0.2, 0.25) is 0 Å². The summed E-state index contributed by atoms with van der Waals surface area (Å²) in [6.45, 7) is 3.14. The van der Waals surface area contributed by atoms with Gasteiger partial charge in [0, 0.05) is 7.11 Å². The van der Waals surface area contributed by atoms with E-state index in [1.807, 2.05) is 19.2 Å². The molecular formula is C15H25NO2. The summed E-state index contributed by atoms with van der Waals surface area (Å²) in [4.78, 5) is 0. The maximum Gasteiger partial charge on any atom is 0.118 e. The average molecular weight is 251 g/mol. The molecule has 3 nitrogen and oxygen atoms in total. The molecule has 2 unspecified atom stereocenters. The van der Waals surface area contributed by atoms with Crippen LogP contribution in [0.3, 0.4) is 0 Å². The summed E-state index contributed by atoms with van der Waals surface area (Å²) in [5, 5.41) is 3.26. The topological polar surface area (TPSA) is 30.5 Å². The highest BCUT2D eigenvalue weighted by atomic mass is 16.5. The molecule has 1 aromatic carbocycles. The molecule has 0 radical (unpaired) electrons. The van der Waals surface area contributed by atoms with E-state index in [4.69, 9.17) is 9.47 Å². The van der Waals surface area contributed by atoms with Crippen molar-refractivity contribution in [1.82, 2.24) is 5.32 Å². The first-order chi connectivity index (χ1) is 8.69. The summed E-state index contributed by atoms with van der Waals surface area (Å²) < 4.78 is 10.5. The quantitative estimate of drug-likeness (QED) is 0.770. The van der Waals surface area contributed by atoms with Crippen molar-refractivity contribution in [2.45, 2.75) is 25.9 Å². The van der Waals surface area contributed by atoms with Gasteiger partial charge in [0.15, 0.2) is 0 Å². The van der Waals surface area contributed by atoms with E-state index >= 15 is 0 Å². The lowest BCUT2D eigenvalue weighted by atomic mass is 9.94. The van der Waals surface area contributed by atoms with E-state index < -0.39 is 0 Å². The Hall–Kier alpha value is -1.06. The number of rotatable bonds is 8. The molecule has 1 rings (SSSR count). The van der Waals surface area contributed by atoms with Gasteiger partial charge in [-0.15, -0.1) is 0 Å². The van der Waals surface area contributed by atoms with Crippen LogP contribution in [0.1, 0.15) is 18.9 Å². The van der Waals surface area contributed by atoms with Gasteiger partial charge in [-0.3, -0.25) is 0 Å². The van der Waals surface area contributed by atoms with Gasteiger partial charge in [-0.05, 0) is 57.0 Å². The van der Waals surface area contributed by atoms with E-state index in [0.717, 1.165) is 25.1 Å². The summed E-state index contributed by atoms with van der Waals surface area (Å²) in [6.07, 6.45) is 2.45. The molecule has 0 amide bonds. The van der Waals surface area contributed by atoms with Crippen molar-refractivity contribution in [2.24, 2.45) is 5.92 Å². The number of nitrogens with one attached hydrogen (secondary N) is 1. The molecule has 3 heteroatoms. The second-order valence-electron chi connectivity index (χ2n) is 4.76. The Kier molecular flexibility index (Phi) is 6.76. The molecule has 0 spiro atoms. The Morgan fingerprint density at radius 2 is 1.83 bits per heavy atom. The SMILES string of the molecule is CNCC(Cc1ccc(OC)cc1)CC(C)OC. The Bertz CT molecular complexity index is 324. The smallest absolute Gasteiger partial charge is 0.118 e. The van der Waals surface area contributed by atoms with Crippen LogP contribution in [0.5, 0.6) is 5.75 Å². The molecule has 0 saturated carbocycles. The lowest BCUT2D eigenvalue weighted by Gasteiger charge is -2.20. The van der Waals surface area contributed by atoms with E-state index in [-0.39, 0.29) is 0 Å². The Morgan fingerprint density at radius 3 is 2.33 bits per heavy atom. The van der Waals surface area contributed by atoms with Crippen LogP contribution in [0.15, 0.2) is 24.3 Å². The van der Waals surface area contributed by atoms with Crippen LogP contribution >= 0.6 is 0 Å². The molecule has 18 heavy (non-hydrogen) atoms. The van der Waals surface area contributed by atoms with E-state index in [0.29, 0.717) is 12.0 Å². The number of benzene rings is 1. The molecule has 0 bridgehead atoms. The van der Waals surface area contributed by atoms with Crippen LogP contribution < -0.4 is 10.1 Å². The summed E-state index contributed by atoms with van der Waals surface area (Å²) in [5.41, 5.74) is 1.35. The van der Waals surface area contributed by atoms with Crippen LogP contribution in [0.4, 0.5) is 0 Å². The third-order valence-electron chi connectivity index (χ3n) is 3.24. The van der Waals surface area contributed by atoms with Gasteiger partial charge < -0.3 is 14.8 Å². The van der Waals surface area contributed by atoms with Crippen LogP contribution in [0.25, 0.3) is 0 Å². The van der Waals surface area contributed by atoms with Gasteiger partial charge in [0.25, 0.3) is 0 Å². The highest BCUT2D eigenvalue weighted by Gasteiger charge is 2.13. The van der Waals surface area contributed by atoms with Crippen molar-refractivity contribution in [3.63, 3.8) is 0 Å². The number of methoxy groups -OCH3 is 2. The largest absolute Gasteiger partial charge is 0.497 e. The van der Waals surface area contributed by atoms with Crippen molar-refractivity contribution in [3.05, 3.63) is 29.8 Å². The lowest BCUT2D eigenvalue weighted by molar-refractivity contribution is 0.0949. The van der Waals surface area contributed by atoms with Crippen LogP contribution in [-0.4, -0.2) is 33.9 Å². The minimum Gasteiger partial charge on any atom is -0.497 e. The van der Waals surface area contributed by atoms with Crippen molar-refractivity contribution in [2.75, 3.05) is 27.8 Å². The normalized spacial score (nSPS) is 14.2. The van der Waals surface area contributed by atoms with E-state index in [1.165, 1.54) is 5.56 Å². The summed E-state index contributed by atoms with van der Waals surface area (Å²) in [5.74, 6) is 1.51. The predicted octanol–water partition coefficient (Wildman–Crippen LogP) is 2.50. The van der Waals surface area contributed by atoms with Gasteiger partial charge in [-0.25, -0.2) is 0 Å². The minimum atomic E-state index is 0.307. The maximum atomic E-state index is 5.35. The highest BCUT2D eigenvalue weighted by molar-refractivity contribution is 5.27. The zero-order chi connectivity index (χ0) is 13.4. The monoisotopic (exact) mass is 251 g/mol. The Labute approximate surface area is 110 Å². The van der Waals surface area contributed by atoms with E-state index in [1.54, 1.807) is 14.2 Å². The third-order valence-corrected chi connectivity index (χ3v) is 3.24. The van der Waals surface area contributed by atoms with Gasteiger partial charge in [0.2, 0.25) is 0 Å². The molecule has 1 N–H and O–H groups in total. The van der Waals surface area contributed by atoms with E-state index in [2.05, 4.69) is 24.4 Å². The molecule has 0 aliphatic heterocycles. The zero-order valence-corrected chi connectivity index (χ0v) is 11.9. The molecule has 0 fully saturated rings. The van der Waals surface area contributed by atoms with Gasteiger partial charge in [-0.1, -0.05) is 12.1 Å². The molecule has 0 aliphatic rings. The second-order valence-corrected chi connectivity index (χ2v) is 4.76. The molecule has 102 valence electrons. The number of ether oxygens (including phenoxy) is 2. The highest BCUT2D eigenvalue weighted by Crippen LogP contribution is 2.18. The Balaban J connectivity index is 2.58. The fourth-order valence-corrected chi connectivity index (χ4v) is 2.19. The summed E-state index contributed by atoms with van der Waals surface area (Å²) >= 11 is 0. The molecule has 1 aromatic rings. The molecule has 0 aromatic heterocycles. The minimum absolute atomic E-state index is 0.307. The first-order valence-electron chi connectivity index (χ1n) is 6.50. The van der Waals surface area contributed by atoms with Gasteiger partial charge in [-0.2, -0.15) is 0 Å². The fourth-order valence-electron chi connectivity index (χ4n) is 2.19. The summed E-state index contributed by atoms with van der Waals surface area (Å²) in [7, 11) is 5.46. The second kappa shape index (κ2) is 8.11. The average Bonchev–Trinajstić information content (AvgIpc) is 2.39. The third kappa shape index (κ3) is 5.07. The standard InChI is InChI=1S/C15H25NO2/c1-12(17-3)9-14(11-16-2)10-13-5-7-15(18-4)8-6-13/h5-8,12,14,16H,9-11H2,1-4H3. The van der Waals surface area contributed by atoms with Crippen molar-refractivity contribution in [1.29, 1.82) is 0 Å². The molecular weight excluding hydrogens is 226 g/mol.